The number of esters is 1. The Morgan fingerprint density at radius 1 is 1.50 bits per heavy atom. The first-order chi connectivity index (χ1) is 6.74. The second kappa shape index (κ2) is 5.40. The third-order valence-corrected chi connectivity index (χ3v) is 1.84. The molecule has 0 heterocycles. The van der Waals surface area contributed by atoms with Crippen LogP contribution in [0.5, 0.6) is 0 Å². The number of hydrogen-bond donors (Lipinski definition) is 1. The molecule has 0 aliphatic rings. The molecule has 0 amide bonds. The maximum absolute atomic E-state index is 11.2. The van der Waals surface area contributed by atoms with E-state index in [0.29, 0.717) is 6.42 Å². The molecule has 1 atom stereocenters. The number of rotatable bonds is 4. The molecule has 0 aromatic heterocycles. The molecule has 14 heavy (non-hydrogen) atoms. The quantitative estimate of drug-likeness (QED) is 0.731. The van der Waals surface area contributed by atoms with Crippen LogP contribution in [0.4, 0.5) is 0 Å². The number of hydrogen-bond acceptors (Lipinski definition) is 3. The summed E-state index contributed by atoms with van der Waals surface area (Å²) in [7, 11) is 0. The lowest BCUT2D eigenvalue weighted by Gasteiger charge is -2.09. The third kappa shape index (κ3) is 3.18. The van der Waals surface area contributed by atoms with Crippen molar-refractivity contribution in [2.75, 3.05) is 0 Å². The maximum Gasteiger partial charge on any atom is 0.323 e. The van der Waals surface area contributed by atoms with Gasteiger partial charge in [-0.2, -0.15) is 0 Å². The summed E-state index contributed by atoms with van der Waals surface area (Å²) in [6.45, 7) is 2.99. The molecule has 0 fully saturated rings. The molecule has 75 valence electrons. The lowest BCUT2D eigenvalue weighted by Crippen LogP contribution is -2.33. The van der Waals surface area contributed by atoms with Crippen molar-refractivity contribution in [3.05, 3.63) is 42.5 Å². The van der Waals surface area contributed by atoms with E-state index in [1.54, 1.807) is 6.92 Å². The summed E-state index contributed by atoms with van der Waals surface area (Å²) in [6.07, 6.45) is 0.507. The summed E-state index contributed by atoms with van der Waals surface area (Å²) in [5, 5.41) is 0. The Kier molecular flexibility index (Phi) is 4.13. The van der Waals surface area contributed by atoms with Crippen molar-refractivity contribution in [3.8, 4) is 0 Å². The van der Waals surface area contributed by atoms with Crippen LogP contribution in [0.1, 0.15) is 12.5 Å². The standard InChI is InChI=1S/C11H14NO2/c1-2-14-11(13)10(12)8-9-6-4-3-5-7-9/h2-7,10H,8,12H2,1H3/t10-/m0/s1. The smallest absolute Gasteiger partial charge is 0.323 e. The Morgan fingerprint density at radius 3 is 2.71 bits per heavy atom. The van der Waals surface area contributed by atoms with Crippen LogP contribution in [-0.4, -0.2) is 12.0 Å². The fourth-order valence-corrected chi connectivity index (χ4v) is 1.15. The molecule has 2 N–H and O–H groups in total. The van der Waals surface area contributed by atoms with E-state index in [-0.39, 0.29) is 0 Å². The fraction of sp³-hybridized carbons (Fsp3) is 0.273. The number of carbonyl (C=O) groups is 1. The highest BCUT2D eigenvalue weighted by Crippen LogP contribution is 2.03. The molecule has 0 saturated carbocycles. The molecule has 0 aliphatic carbocycles. The van der Waals surface area contributed by atoms with E-state index in [0.717, 1.165) is 5.56 Å². The van der Waals surface area contributed by atoms with Gasteiger partial charge in [0.2, 0.25) is 0 Å². The van der Waals surface area contributed by atoms with E-state index >= 15 is 0 Å². The molecule has 0 bridgehead atoms. The monoisotopic (exact) mass is 192 g/mol. The van der Waals surface area contributed by atoms with Gasteiger partial charge in [-0.1, -0.05) is 30.3 Å². The van der Waals surface area contributed by atoms with Gasteiger partial charge in [-0.15, -0.1) is 0 Å². The van der Waals surface area contributed by atoms with Crippen molar-refractivity contribution in [3.63, 3.8) is 0 Å². The first-order valence-electron chi connectivity index (χ1n) is 4.52. The summed E-state index contributed by atoms with van der Waals surface area (Å²) in [5.41, 5.74) is 6.68. The van der Waals surface area contributed by atoms with E-state index in [4.69, 9.17) is 5.73 Å². The molecule has 1 aromatic rings. The topological polar surface area (TPSA) is 52.3 Å². The molecular weight excluding hydrogens is 178 g/mol. The van der Waals surface area contributed by atoms with Crippen LogP contribution in [-0.2, 0) is 16.0 Å². The molecular formula is C11H14NO2. The van der Waals surface area contributed by atoms with Crippen molar-refractivity contribution < 1.29 is 9.53 Å². The number of nitrogens with two attached hydrogens (primary N) is 1. The molecule has 1 rings (SSSR count). The molecule has 3 nitrogen and oxygen atoms in total. The van der Waals surface area contributed by atoms with Crippen LogP contribution in [0.2, 0.25) is 0 Å². The Balaban J connectivity index is 2.49. The number of carbonyl (C=O) groups excluding carboxylic acids is 1. The van der Waals surface area contributed by atoms with Crippen LogP contribution in [0, 0.1) is 6.61 Å². The Labute approximate surface area is 83.9 Å². The highest BCUT2D eigenvalue weighted by Gasteiger charge is 2.14. The largest absolute Gasteiger partial charge is 0.458 e. The molecule has 3 heteroatoms. The summed E-state index contributed by atoms with van der Waals surface area (Å²) in [4.78, 5) is 11.2. The minimum Gasteiger partial charge on any atom is -0.458 e. The van der Waals surface area contributed by atoms with Crippen molar-refractivity contribution in [1.29, 1.82) is 0 Å². The van der Waals surface area contributed by atoms with Crippen molar-refractivity contribution in [1.82, 2.24) is 0 Å². The van der Waals surface area contributed by atoms with Gasteiger partial charge in [0.1, 0.15) is 12.6 Å². The predicted molar refractivity (Wildman–Crippen MR) is 54.2 cm³/mol. The zero-order chi connectivity index (χ0) is 10.4. The minimum atomic E-state index is -0.589. The van der Waals surface area contributed by atoms with E-state index in [9.17, 15) is 4.79 Å². The van der Waals surface area contributed by atoms with Crippen LogP contribution >= 0.6 is 0 Å². The van der Waals surface area contributed by atoms with E-state index in [1.807, 2.05) is 30.3 Å². The molecule has 0 spiro atoms. The van der Waals surface area contributed by atoms with Crippen LogP contribution < -0.4 is 5.73 Å². The van der Waals surface area contributed by atoms with Crippen molar-refractivity contribution in [2.24, 2.45) is 5.73 Å². The summed E-state index contributed by atoms with van der Waals surface area (Å²) >= 11 is 0. The van der Waals surface area contributed by atoms with Crippen LogP contribution in [0.15, 0.2) is 30.3 Å². The second-order valence-corrected chi connectivity index (χ2v) is 2.97. The van der Waals surface area contributed by atoms with Gasteiger partial charge >= 0.3 is 5.97 Å². The van der Waals surface area contributed by atoms with E-state index < -0.39 is 12.0 Å². The minimum absolute atomic E-state index is 0.392. The Bertz CT molecular complexity index is 285. The van der Waals surface area contributed by atoms with Gasteiger partial charge in [0.05, 0.1) is 0 Å². The molecule has 0 saturated heterocycles. The van der Waals surface area contributed by atoms with Gasteiger partial charge in [0, 0.05) is 0 Å². The van der Waals surface area contributed by atoms with Crippen LogP contribution in [0.25, 0.3) is 0 Å². The molecule has 0 aliphatic heterocycles. The summed E-state index contributed by atoms with van der Waals surface area (Å²) in [5.74, 6) is -0.392. The highest BCUT2D eigenvalue weighted by molar-refractivity contribution is 5.76. The number of benzene rings is 1. The molecule has 1 aromatic carbocycles. The second-order valence-electron chi connectivity index (χ2n) is 2.97. The first kappa shape index (κ1) is 10.7. The molecule has 1 radical (unpaired) electrons. The van der Waals surface area contributed by atoms with Gasteiger partial charge < -0.3 is 10.5 Å². The zero-order valence-electron chi connectivity index (χ0n) is 8.14. The first-order valence-corrected chi connectivity index (χ1v) is 4.52. The van der Waals surface area contributed by atoms with Gasteiger partial charge in [-0.25, -0.2) is 0 Å². The van der Waals surface area contributed by atoms with Gasteiger partial charge in [0.15, 0.2) is 0 Å². The van der Waals surface area contributed by atoms with E-state index in [1.165, 1.54) is 6.61 Å². The summed E-state index contributed by atoms with van der Waals surface area (Å²) in [6, 6.07) is 9.03. The maximum atomic E-state index is 11.2. The average Bonchev–Trinajstić information content (AvgIpc) is 2.19. The summed E-state index contributed by atoms with van der Waals surface area (Å²) < 4.78 is 4.69. The Morgan fingerprint density at radius 2 is 2.14 bits per heavy atom. The average molecular weight is 192 g/mol. The SMILES string of the molecule is C[CH]OC(=O)[C@@H](N)Cc1ccccc1. The normalized spacial score (nSPS) is 12.1. The zero-order valence-corrected chi connectivity index (χ0v) is 8.14. The van der Waals surface area contributed by atoms with Crippen molar-refractivity contribution in [2.45, 2.75) is 19.4 Å². The highest BCUT2D eigenvalue weighted by atomic mass is 16.5. The third-order valence-electron chi connectivity index (χ3n) is 1.84. The van der Waals surface area contributed by atoms with Crippen molar-refractivity contribution >= 4 is 5.97 Å². The number of ether oxygens (including phenoxy) is 1. The van der Waals surface area contributed by atoms with Gasteiger partial charge in [-0.05, 0) is 18.9 Å². The van der Waals surface area contributed by atoms with E-state index in [2.05, 4.69) is 4.74 Å². The predicted octanol–water partition coefficient (Wildman–Crippen LogP) is 1.28. The fourth-order valence-electron chi connectivity index (χ4n) is 1.15. The molecule has 0 unspecified atom stereocenters. The lowest BCUT2D eigenvalue weighted by atomic mass is 10.1. The van der Waals surface area contributed by atoms with Crippen LogP contribution in [0.3, 0.4) is 0 Å². The van der Waals surface area contributed by atoms with Gasteiger partial charge in [0.25, 0.3) is 0 Å². The lowest BCUT2D eigenvalue weighted by molar-refractivity contribution is -0.141. The van der Waals surface area contributed by atoms with Gasteiger partial charge in [-0.3, -0.25) is 4.79 Å². The Hall–Kier alpha value is -1.35.